The molecule has 0 aromatic heterocycles. The average Bonchev–Trinajstić information content (AvgIpc) is 2.45. The summed E-state index contributed by atoms with van der Waals surface area (Å²) in [5, 5.41) is 16.0. The second-order valence-corrected chi connectivity index (χ2v) is 5.38. The highest BCUT2D eigenvalue weighted by Crippen LogP contribution is 2.29. The molecule has 8 heteroatoms. The molecular weight excluding hydrogens is 302 g/mol. The van der Waals surface area contributed by atoms with E-state index in [1.54, 1.807) is 26.8 Å². The maximum atomic E-state index is 12.3. The monoisotopic (exact) mass is 319 g/mol. The smallest absolute Gasteiger partial charge is 0.338 e. The van der Waals surface area contributed by atoms with E-state index in [-0.39, 0.29) is 17.4 Å². The van der Waals surface area contributed by atoms with Gasteiger partial charge in [-0.25, -0.2) is 9.59 Å². The van der Waals surface area contributed by atoms with Crippen LogP contribution in [0.15, 0.2) is 35.5 Å². The minimum Gasteiger partial charge on any atom is -0.459 e. The number of nitro groups is 1. The summed E-state index contributed by atoms with van der Waals surface area (Å²) in [6.45, 7) is 5.01. The number of carbonyl (C=O) groups excluding carboxylic acids is 2. The third kappa shape index (κ3) is 3.65. The predicted molar refractivity (Wildman–Crippen MR) is 81.4 cm³/mol. The molecule has 8 nitrogen and oxygen atoms in total. The molecule has 0 fully saturated rings. The molecule has 0 saturated heterocycles. The summed E-state index contributed by atoms with van der Waals surface area (Å²) in [5.41, 5.74) is 0.892. The van der Waals surface area contributed by atoms with Gasteiger partial charge in [-0.2, -0.15) is 0 Å². The number of carbonyl (C=O) groups is 2. The Morgan fingerprint density at radius 1 is 1.39 bits per heavy atom. The molecule has 2 rings (SSSR count). The Labute approximate surface area is 132 Å². The maximum Gasteiger partial charge on any atom is 0.338 e. The standard InChI is InChI=1S/C15H17N3O5/c1-8(2)23-14(19)12-9(3)16-15(20)17-13(12)10-5-4-6-11(7-10)18(21)22/h4-8,13H,1-3H3,(H2,16,17,20)/t13-/m0/s1. The molecule has 122 valence electrons. The molecule has 1 aliphatic heterocycles. The Morgan fingerprint density at radius 2 is 2.09 bits per heavy atom. The number of nitro benzene ring substituents is 1. The minimum atomic E-state index is -0.810. The SMILES string of the molecule is CC1=C(C(=O)OC(C)C)[C@H](c2cccc([N+](=O)[O-])c2)NC(=O)N1. The van der Waals surface area contributed by atoms with Crippen molar-refractivity contribution in [3.8, 4) is 0 Å². The number of hydrogen-bond donors (Lipinski definition) is 2. The van der Waals surface area contributed by atoms with Crippen molar-refractivity contribution < 1.29 is 19.2 Å². The molecule has 1 heterocycles. The molecule has 0 spiro atoms. The summed E-state index contributed by atoms with van der Waals surface area (Å²) in [4.78, 5) is 34.4. The van der Waals surface area contributed by atoms with E-state index in [0.717, 1.165) is 0 Å². The number of benzene rings is 1. The number of nitrogens with one attached hydrogen (secondary N) is 2. The van der Waals surface area contributed by atoms with Gasteiger partial charge in [-0.1, -0.05) is 12.1 Å². The zero-order valence-corrected chi connectivity index (χ0v) is 13.0. The number of nitrogens with zero attached hydrogens (tertiary/aromatic N) is 1. The number of hydrogen-bond acceptors (Lipinski definition) is 5. The Hall–Kier alpha value is -2.90. The molecule has 2 N–H and O–H groups in total. The number of rotatable bonds is 4. The molecule has 0 bridgehead atoms. The van der Waals surface area contributed by atoms with Gasteiger partial charge in [0.25, 0.3) is 5.69 Å². The first kappa shape index (κ1) is 16.5. The van der Waals surface area contributed by atoms with Crippen molar-refractivity contribution in [1.82, 2.24) is 10.6 Å². The maximum absolute atomic E-state index is 12.3. The molecule has 1 aromatic carbocycles. The van der Waals surface area contributed by atoms with Crippen molar-refractivity contribution in [2.45, 2.75) is 32.9 Å². The first-order chi connectivity index (χ1) is 10.8. The van der Waals surface area contributed by atoms with Crippen LogP contribution in [0.2, 0.25) is 0 Å². The predicted octanol–water partition coefficient (Wildman–Crippen LogP) is 2.17. The number of ether oxygens (including phenoxy) is 1. The molecule has 1 aliphatic rings. The largest absolute Gasteiger partial charge is 0.459 e. The number of urea groups is 1. The Balaban J connectivity index is 2.46. The first-order valence-corrected chi connectivity index (χ1v) is 7.03. The summed E-state index contributed by atoms with van der Waals surface area (Å²) in [7, 11) is 0. The summed E-state index contributed by atoms with van der Waals surface area (Å²) in [6.07, 6.45) is -0.328. The Morgan fingerprint density at radius 3 is 2.70 bits per heavy atom. The van der Waals surface area contributed by atoms with Gasteiger partial charge >= 0.3 is 12.0 Å². The quantitative estimate of drug-likeness (QED) is 0.502. The van der Waals surface area contributed by atoms with Crippen molar-refractivity contribution >= 4 is 17.7 Å². The lowest BCUT2D eigenvalue weighted by Gasteiger charge is -2.28. The fourth-order valence-electron chi connectivity index (χ4n) is 2.31. The van der Waals surface area contributed by atoms with Gasteiger partial charge in [-0.3, -0.25) is 10.1 Å². The molecule has 1 atom stereocenters. The molecule has 0 unspecified atom stereocenters. The lowest BCUT2D eigenvalue weighted by Crippen LogP contribution is -2.45. The zero-order valence-electron chi connectivity index (χ0n) is 13.0. The van der Waals surface area contributed by atoms with Crippen LogP contribution >= 0.6 is 0 Å². The lowest BCUT2D eigenvalue weighted by molar-refractivity contribution is -0.384. The first-order valence-electron chi connectivity index (χ1n) is 7.03. The van der Waals surface area contributed by atoms with E-state index in [1.807, 2.05) is 0 Å². The van der Waals surface area contributed by atoms with E-state index in [1.165, 1.54) is 18.2 Å². The summed E-state index contributed by atoms with van der Waals surface area (Å²) in [5.74, 6) is -0.582. The second kappa shape index (κ2) is 6.47. The Bertz CT molecular complexity index is 696. The van der Waals surface area contributed by atoms with Crippen LogP contribution in [0.5, 0.6) is 0 Å². The van der Waals surface area contributed by atoms with Crippen LogP contribution < -0.4 is 10.6 Å². The molecule has 23 heavy (non-hydrogen) atoms. The van der Waals surface area contributed by atoms with Gasteiger partial charge in [0.1, 0.15) is 0 Å². The second-order valence-electron chi connectivity index (χ2n) is 5.38. The van der Waals surface area contributed by atoms with E-state index in [0.29, 0.717) is 11.3 Å². The van der Waals surface area contributed by atoms with Crippen LogP contribution in [0.25, 0.3) is 0 Å². The summed E-state index contributed by atoms with van der Waals surface area (Å²) in [6, 6.07) is 4.48. The number of allylic oxidation sites excluding steroid dienone is 1. The highest BCUT2D eigenvalue weighted by molar-refractivity contribution is 5.95. The van der Waals surface area contributed by atoms with Gasteiger partial charge in [0.05, 0.1) is 22.6 Å². The normalized spacial score (nSPS) is 17.6. The lowest BCUT2D eigenvalue weighted by atomic mass is 9.95. The third-order valence-corrected chi connectivity index (χ3v) is 3.25. The Kier molecular flexibility index (Phi) is 4.63. The highest BCUT2D eigenvalue weighted by atomic mass is 16.6. The van der Waals surface area contributed by atoms with Crippen molar-refractivity contribution in [2.75, 3.05) is 0 Å². The molecule has 0 saturated carbocycles. The molecule has 2 amide bonds. The number of amides is 2. The number of non-ortho nitro benzene ring substituents is 1. The van der Waals surface area contributed by atoms with E-state index < -0.39 is 23.0 Å². The van der Waals surface area contributed by atoms with Gasteiger partial charge in [-0.05, 0) is 26.3 Å². The van der Waals surface area contributed by atoms with Crippen molar-refractivity contribution in [1.29, 1.82) is 0 Å². The van der Waals surface area contributed by atoms with Gasteiger partial charge in [0.15, 0.2) is 0 Å². The highest BCUT2D eigenvalue weighted by Gasteiger charge is 2.33. The van der Waals surface area contributed by atoms with Crippen LogP contribution in [0.4, 0.5) is 10.5 Å². The van der Waals surface area contributed by atoms with Crippen LogP contribution in [0, 0.1) is 10.1 Å². The zero-order chi connectivity index (χ0) is 17.1. The van der Waals surface area contributed by atoms with Gasteiger partial charge < -0.3 is 15.4 Å². The van der Waals surface area contributed by atoms with E-state index in [2.05, 4.69) is 10.6 Å². The van der Waals surface area contributed by atoms with Crippen LogP contribution in [0.3, 0.4) is 0 Å². The van der Waals surface area contributed by atoms with E-state index >= 15 is 0 Å². The van der Waals surface area contributed by atoms with Gasteiger partial charge in [0, 0.05) is 17.8 Å². The van der Waals surface area contributed by atoms with Crippen molar-refractivity contribution in [3.05, 3.63) is 51.2 Å². The van der Waals surface area contributed by atoms with Crippen LogP contribution in [-0.2, 0) is 9.53 Å². The van der Waals surface area contributed by atoms with E-state index in [4.69, 9.17) is 4.74 Å². The third-order valence-electron chi connectivity index (χ3n) is 3.25. The fraction of sp³-hybridized carbons (Fsp3) is 0.333. The summed E-state index contributed by atoms with van der Waals surface area (Å²) >= 11 is 0. The van der Waals surface area contributed by atoms with Crippen molar-refractivity contribution in [2.24, 2.45) is 0 Å². The minimum absolute atomic E-state index is 0.121. The average molecular weight is 319 g/mol. The molecule has 0 radical (unpaired) electrons. The topological polar surface area (TPSA) is 111 Å². The molecule has 1 aromatic rings. The van der Waals surface area contributed by atoms with E-state index in [9.17, 15) is 19.7 Å². The number of esters is 1. The van der Waals surface area contributed by atoms with Crippen LogP contribution in [0.1, 0.15) is 32.4 Å². The van der Waals surface area contributed by atoms with Crippen molar-refractivity contribution in [3.63, 3.8) is 0 Å². The van der Waals surface area contributed by atoms with Gasteiger partial charge in [-0.15, -0.1) is 0 Å². The van der Waals surface area contributed by atoms with Gasteiger partial charge in [0.2, 0.25) is 0 Å². The summed E-state index contributed by atoms with van der Waals surface area (Å²) < 4.78 is 5.20. The molecule has 0 aliphatic carbocycles. The van der Waals surface area contributed by atoms with Crippen LogP contribution in [-0.4, -0.2) is 23.0 Å². The fourth-order valence-corrected chi connectivity index (χ4v) is 2.31. The molecular formula is C15H17N3O5.